The Morgan fingerprint density at radius 3 is 2.27 bits per heavy atom. The highest BCUT2D eigenvalue weighted by Crippen LogP contribution is 2.19. The van der Waals surface area contributed by atoms with Gasteiger partial charge in [-0.25, -0.2) is 14.4 Å². The Morgan fingerprint density at radius 2 is 1.77 bits per heavy atom. The third-order valence-electron chi connectivity index (χ3n) is 1.93. The van der Waals surface area contributed by atoms with E-state index in [1.807, 2.05) is 20.8 Å². The zero-order valence-corrected chi connectivity index (χ0v) is 12.9. The van der Waals surface area contributed by atoms with E-state index in [4.69, 9.17) is 15.6 Å². The van der Waals surface area contributed by atoms with Crippen molar-refractivity contribution in [3.8, 4) is 5.75 Å². The van der Waals surface area contributed by atoms with Crippen LogP contribution >= 0.6 is 0 Å². The van der Waals surface area contributed by atoms with Gasteiger partial charge >= 0.3 is 17.9 Å². The Kier molecular flexibility index (Phi) is 9.20. The van der Waals surface area contributed by atoms with Gasteiger partial charge in [-0.15, -0.1) is 0 Å². The summed E-state index contributed by atoms with van der Waals surface area (Å²) in [6.07, 6.45) is 0.747. The molecule has 0 saturated carbocycles. The van der Waals surface area contributed by atoms with Crippen molar-refractivity contribution in [1.82, 2.24) is 0 Å². The van der Waals surface area contributed by atoms with Gasteiger partial charge in [0.2, 0.25) is 0 Å². The molecule has 0 spiro atoms. The number of carbonyl (C=O) groups is 3. The number of para-hydroxylation sites is 1. The molecule has 1 aromatic carbocycles. The molecule has 1 aromatic rings. The Hall–Kier alpha value is -2.41. The van der Waals surface area contributed by atoms with Crippen LogP contribution in [0.3, 0.4) is 0 Å². The van der Waals surface area contributed by atoms with Crippen LogP contribution < -0.4 is 10.5 Å². The number of ether oxygens (including phenoxy) is 2. The molecule has 0 unspecified atom stereocenters. The number of nitrogens with two attached hydrogens (primary N) is 1. The van der Waals surface area contributed by atoms with Gasteiger partial charge in [0.1, 0.15) is 11.3 Å². The lowest BCUT2D eigenvalue weighted by molar-refractivity contribution is -0.160. The third-order valence-corrected chi connectivity index (χ3v) is 1.93. The molecule has 3 N–H and O–H groups in total. The van der Waals surface area contributed by atoms with Crippen LogP contribution in [0.2, 0.25) is 0 Å². The molecule has 22 heavy (non-hydrogen) atoms. The topological polar surface area (TPSA) is 116 Å². The molecule has 7 nitrogen and oxygen atoms in total. The van der Waals surface area contributed by atoms with E-state index in [1.165, 1.54) is 12.1 Å². The van der Waals surface area contributed by atoms with Gasteiger partial charge in [0.05, 0.1) is 6.61 Å². The molecule has 0 aliphatic rings. The van der Waals surface area contributed by atoms with Crippen LogP contribution in [-0.2, 0) is 14.3 Å². The van der Waals surface area contributed by atoms with Crippen LogP contribution in [0, 0.1) is 0 Å². The van der Waals surface area contributed by atoms with Crippen LogP contribution in [0.4, 0.5) is 0 Å². The van der Waals surface area contributed by atoms with E-state index >= 15 is 0 Å². The summed E-state index contributed by atoms with van der Waals surface area (Å²) < 4.78 is 9.45. The highest BCUT2D eigenvalue weighted by Gasteiger charge is 2.21. The van der Waals surface area contributed by atoms with Crippen LogP contribution in [0.15, 0.2) is 24.3 Å². The largest absolute Gasteiger partial charge is 0.493 e. The third kappa shape index (κ3) is 8.01. The van der Waals surface area contributed by atoms with E-state index in [9.17, 15) is 14.4 Å². The molecule has 0 aliphatic heterocycles. The fraction of sp³-hybridized carbons (Fsp3) is 0.400. The van der Waals surface area contributed by atoms with Crippen molar-refractivity contribution in [2.75, 3.05) is 6.61 Å². The van der Waals surface area contributed by atoms with E-state index < -0.39 is 17.9 Å². The molecule has 0 atom stereocenters. The predicted octanol–water partition coefficient (Wildman–Crippen LogP) is 1.60. The molecule has 122 valence electrons. The molecule has 0 bridgehead atoms. The van der Waals surface area contributed by atoms with Crippen molar-refractivity contribution in [3.05, 3.63) is 29.8 Å². The standard InChI is InChI=1S/C12H12O6.C3H9N/c1-2-7-17-9-6-4-3-5-8(9)11(15)18-12(16)10(13)14;1-3(2)4/h3-6H,2,7H2,1H3,(H,13,14);3H,4H2,1-2H3. The first-order valence-corrected chi connectivity index (χ1v) is 6.76. The number of carboxylic acid groups (broad SMARTS) is 1. The number of rotatable bonds is 4. The molecule has 0 aliphatic carbocycles. The summed E-state index contributed by atoms with van der Waals surface area (Å²) in [4.78, 5) is 32.6. The Balaban J connectivity index is 0.000000980. The van der Waals surface area contributed by atoms with E-state index in [-0.39, 0.29) is 11.3 Å². The second-order valence-electron chi connectivity index (χ2n) is 4.57. The molecule has 0 fully saturated rings. The lowest BCUT2D eigenvalue weighted by Gasteiger charge is -2.08. The predicted molar refractivity (Wildman–Crippen MR) is 79.6 cm³/mol. The Labute approximate surface area is 129 Å². The monoisotopic (exact) mass is 311 g/mol. The number of esters is 2. The molecule has 1 rings (SSSR count). The summed E-state index contributed by atoms with van der Waals surface area (Å²) in [6.45, 7) is 6.19. The van der Waals surface area contributed by atoms with Crippen molar-refractivity contribution in [3.63, 3.8) is 0 Å². The summed E-state index contributed by atoms with van der Waals surface area (Å²) in [7, 11) is 0. The first kappa shape index (κ1) is 19.6. The maximum absolute atomic E-state index is 11.6. The molecule has 0 radical (unpaired) electrons. The number of hydrogen-bond acceptors (Lipinski definition) is 6. The summed E-state index contributed by atoms with van der Waals surface area (Å²) in [6, 6.07) is 6.47. The van der Waals surface area contributed by atoms with Gasteiger partial charge in [0.15, 0.2) is 0 Å². The van der Waals surface area contributed by atoms with Gasteiger partial charge in [0, 0.05) is 0 Å². The highest BCUT2D eigenvalue weighted by molar-refractivity contribution is 6.31. The van der Waals surface area contributed by atoms with Crippen LogP contribution in [-0.4, -0.2) is 35.7 Å². The zero-order chi connectivity index (χ0) is 17.1. The summed E-state index contributed by atoms with van der Waals surface area (Å²) >= 11 is 0. The van der Waals surface area contributed by atoms with Crippen LogP contribution in [0.5, 0.6) is 5.75 Å². The van der Waals surface area contributed by atoms with Crippen molar-refractivity contribution in [1.29, 1.82) is 0 Å². The van der Waals surface area contributed by atoms with E-state index in [1.54, 1.807) is 12.1 Å². The quantitative estimate of drug-likeness (QED) is 0.493. The second-order valence-corrected chi connectivity index (χ2v) is 4.57. The minimum Gasteiger partial charge on any atom is -0.493 e. The maximum Gasteiger partial charge on any atom is 0.425 e. The van der Waals surface area contributed by atoms with Gasteiger partial charge in [-0.3, -0.25) is 0 Å². The van der Waals surface area contributed by atoms with Crippen LogP contribution in [0.1, 0.15) is 37.6 Å². The fourth-order valence-corrected chi connectivity index (χ4v) is 1.16. The van der Waals surface area contributed by atoms with Crippen molar-refractivity contribution >= 4 is 17.9 Å². The minimum absolute atomic E-state index is 0.0144. The molecule has 0 saturated heterocycles. The SMILES string of the molecule is CC(C)N.CCCOc1ccccc1C(=O)OC(=O)C(=O)O. The molecular weight excluding hydrogens is 290 g/mol. The first-order chi connectivity index (χ1) is 10.3. The molecule has 0 heterocycles. The zero-order valence-electron chi connectivity index (χ0n) is 12.9. The number of benzene rings is 1. The number of carboxylic acids is 1. The number of hydrogen-bond donors (Lipinski definition) is 2. The highest BCUT2D eigenvalue weighted by atomic mass is 16.6. The second kappa shape index (κ2) is 10.3. The minimum atomic E-state index is -1.82. The van der Waals surface area contributed by atoms with Crippen molar-refractivity contribution < 1.29 is 29.0 Å². The Morgan fingerprint density at radius 1 is 1.23 bits per heavy atom. The first-order valence-electron chi connectivity index (χ1n) is 6.76. The molecule has 0 aromatic heterocycles. The molecular formula is C15H21NO6. The number of aliphatic carboxylic acids is 1. The van der Waals surface area contributed by atoms with E-state index in [2.05, 4.69) is 4.74 Å². The summed E-state index contributed by atoms with van der Waals surface area (Å²) in [5, 5.41) is 8.33. The molecule has 7 heteroatoms. The normalized spacial score (nSPS) is 9.50. The van der Waals surface area contributed by atoms with Gasteiger partial charge < -0.3 is 20.3 Å². The smallest absolute Gasteiger partial charge is 0.425 e. The lowest BCUT2D eigenvalue weighted by atomic mass is 10.2. The van der Waals surface area contributed by atoms with Crippen LogP contribution in [0.25, 0.3) is 0 Å². The summed E-state index contributed by atoms with van der Waals surface area (Å²) in [5.74, 6) is -4.24. The van der Waals surface area contributed by atoms with Crippen molar-refractivity contribution in [2.24, 2.45) is 5.73 Å². The lowest BCUT2D eigenvalue weighted by Crippen LogP contribution is -2.21. The van der Waals surface area contributed by atoms with E-state index in [0.717, 1.165) is 6.42 Å². The van der Waals surface area contributed by atoms with Gasteiger partial charge in [-0.2, -0.15) is 0 Å². The fourth-order valence-electron chi connectivity index (χ4n) is 1.16. The average Bonchev–Trinajstić information content (AvgIpc) is 2.44. The van der Waals surface area contributed by atoms with Gasteiger partial charge in [-0.1, -0.05) is 32.9 Å². The van der Waals surface area contributed by atoms with Gasteiger partial charge in [0.25, 0.3) is 0 Å². The molecule has 0 amide bonds. The van der Waals surface area contributed by atoms with E-state index in [0.29, 0.717) is 12.6 Å². The Bertz CT molecular complexity index is 510. The summed E-state index contributed by atoms with van der Waals surface area (Å²) in [5.41, 5.74) is 5.13. The van der Waals surface area contributed by atoms with Gasteiger partial charge in [-0.05, 0) is 24.6 Å². The maximum atomic E-state index is 11.6. The number of carbonyl (C=O) groups excluding carboxylic acids is 2. The average molecular weight is 311 g/mol. The van der Waals surface area contributed by atoms with Crippen molar-refractivity contribution in [2.45, 2.75) is 33.2 Å².